The SMILES string of the molecule is N#Cc1ccc(Cl)cc1NCc1cc(Cl)cc2c1OCC2. The van der Waals surface area contributed by atoms with Crippen molar-refractivity contribution in [2.24, 2.45) is 0 Å². The first-order valence-electron chi connectivity index (χ1n) is 6.55. The van der Waals surface area contributed by atoms with Crippen molar-refractivity contribution in [2.45, 2.75) is 13.0 Å². The standard InChI is InChI=1S/C16H12Cl2N2O/c17-13-2-1-11(8-19)15(7-13)20-9-12-6-14(18)5-10-3-4-21-16(10)12/h1-2,5-7,20H,3-4,9H2. The van der Waals surface area contributed by atoms with Gasteiger partial charge in [-0.2, -0.15) is 5.26 Å². The predicted octanol–water partition coefficient (Wildman–Crippen LogP) is 4.41. The fourth-order valence-electron chi connectivity index (χ4n) is 2.43. The molecular weight excluding hydrogens is 307 g/mol. The predicted molar refractivity (Wildman–Crippen MR) is 84.1 cm³/mol. The Kier molecular flexibility index (Phi) is 3.92. The Hall–Kier alpha value is -1.89. The van der Waals surface area contributed by atoms with Crippen molar-refractivity contribution in [1.82, 2.24) is 0 Å². The molecule has 3 nitrogen and oxygen atoms in total. The van der Waals surface area contributed by atoms with E-state index in [1.807, 2.05) is 12.1 Å². The normalized spacial score (nSPS) is 12.4. The van der Waals surface area contributed by atoms with Gasteiger partial charge in [0.25, 0.3) is 0 Å². The van der Waals surface area contributed by atoms with Crippen molar-refractivity contribution in [2.75, 3.05) is 11.9 Å². The summed E-state index contributed by atoms with van der Waals surface area (Å²) >= 11 is 12.1. The van der Waals surface area contributed by atoms with Crippen LogP contribution < -0.4 is 10.1 Å². The summed E-state index contributed by atoms with van der Waals surface area (Å²) in [6.45, 7) is 1.21. The minimum absolute atomic E-state index is 0.526. The number of benzene rings is 2. The summed E-state index contributed by atoms with van der Waals surface area (Å²) in [4.78, 5) is 0. The van der Waals surface area contributed by atoms with Crippen LogP contribution in [0.25, 0.3) is 0 Å². The van der Waals surface area contributed by atoms with E-state index in [2.05, 4.69) is 11.4 Å². The highest BCUT2D eigenvalue weighted by Gasteiger charge is 2.17. The fourth-order valence-corrected chi connectivity index (χ4v) is 2.86. The molecule has 21 heavy (non-hydrogen) atoms. The Morgan fingerprint density at radius 2 is 2.05 bits per heavy atom. The van der Waals surface area contributed by atoms with Gasteiger partial charge >= 0.3 is 0 Å². The Labute approximate surface area is 133 Å². The van der Waals surface area contributed by atoms with E-state index in [1.165, 1.54) is 0 Å². The molecule has 0 amide bonds. The second kappa shape index (κ2) is 5.85. The number of anilines is 1. The van der Waals surface area contributed by atoms with E-state index in [-0.39, 0.29) is 0 Å². The lowest BCUT2D eigenvalue weighted by atomic mass is 10.1. The average Bonchev–Trinajstić information content (AvgIpc) is 2.93. The van der Waals surface area contributed by atoms with E-state index in [4.69, 9.17) is 33.2 Å². The van der Waals surface area contributed by atoms with Crippen molar-refractivity contribution in [3.8, 4) is 11.8 Å². The third-order valence-corrected chi connectivity index (χ3v) is 3.85. The van der Waals surface area contributed by atoms with Crippen LogP contribution >= 0.6 is 23.2 Å². The van der Waals surface area contributed by atoms with Gasteiger partial charge in [-0.05, 0) is 35.9 Å². The molecule has 1 aliphatic rings. The van der Waals surface area contributed by atoms with Gasteiger partial charge in [-0.15, -0.1) is 0 Å². The molecule has 0 unspecified atom stereocenters. The fraction of sp³-hybridized carbons (Fsp3) is 0.188. The van der Waals surface area contributed by atoms with Crippen LogP contribution in [0.4, 0.5) is 5.69 Å². The third kappa shape index (κ3) is 2.92. The molecule has 0 radical (unpaired) electrons. The number of rotatable bonds is 3. The maximum Gasteiger partial charge on any atom is 0.127 e. The molecule has 5 heteroatoms. The van der Waals surface area contributed by atoms with Gasteiger partial charge in [0.1, 0.15) is 11.8 Å². The van der Waals surface area contributed by atoms with E-state index >= 15 is 0 Å². The zero-order valence-corrected chi connectivity index (χ0v) is 12.6. The molecule has 0 saturated carbocycles. The first-order valence-corrected chi connectivity index (χ1v) is 7.30. The summed E-state index contributed by atoms with van der Waals surface area (Å²) in [7, 11) is 0. The number of nitrogens with zero attached hydrogens (tertiary/aromatic N) is 1. The number of hydrogen-bond donors (Lipinski definition) is 1. The number of fused-ring (bicyclic) bond motifs is 1. The molecule has 1 N–H and O–H groups in total. The van der Waals surface area contributed by atoms with Crippen molar-refractivity contribution in [1.29, 1.82) is 5.26 Å². The molecule has 0 spiro atoms. The lowest BCUT2D eigenvalue weighted by Gasteiger charge is -2.12. The lowest BCUT2D eigenvalue weighted by Crippen LogP contribution is -2.03. The average molecular weight is 319 g/mol. The molecule has 2 aromatic rings. The highest BCUT2D eigenvalue weighted by atomic mass is 35.5. The number of ether oxygens (including phenoxy) is 1. The number of nitriles is 1. The van der Waals surface area contributed by atoms with E-state index in [0.717, 1.165) is 23.3 Å². The zero-order valence-electron chi connectivity index (χ0n) is 11.1. The molecule has 1 heterocycles. The van der Waals surface area contributed by atoms with E-state index in [9.17, 15) is 0 Å². The van der Waals surface area contributed by atoms with Crippen molar-refractivity contribution in [3.63, 3.8) is 0 Å². The highest BCUT2D eigenvalue weighted by molar-refractivity contribution is 6.31. The van der Waals surface area contributed by atoms with Crippen molar-refractivity contribution >= 4 is 28.9 Å². The summed E-state index contributed by atoms with van der Waals surface area (Å²) in [5.74, 6) is 0.896. The summed E-state index contributed by atoms with van der Waals surface area (Å²) in [6.07, 6.45) is 0.878. The zero-order chi connectivity index (χ0) is 14.8. The molecule has 0 atom stereocenters. The van der Waals surface area contributed by atoms with Gasteiger partial charge in [-0.3, -0.25) is 0 Å². The summed E-state index contributed by atoms with van der Waals surface area (Å²) < 4.78 is 5.66. The van der Waals surface area contributed by atoms with Gasteiger partial charge < -0.3 is 10.1 Å². The van der Waals surface area contributed by atoms with Gasteiger partial charge in [-0.25, -0.2) is 0 Å². The van der Waals surface area contributed by atoms with E-state index < -0.39 is 0 Å². The van der Waals surface area contributed by atoms with Gasteiger partial charge in [0, 0.05) is 28.6 Å². The smallest absolute Gasteiger partial charge is 0.127 e. The number of halogens is 2. The molecule has 1 aliphatic heterocycles. The summed E-state index contributed by atoms with van der Waals surface area (Å²) in [5.41, 5.74) is 3.38. The molecule has 2 aromatic carbocycles. The molecule has 0 aromatic heterocycles. The lowest BCUT2D eigenvalue weighted by molar-refractivity contribution is 0.354. The number of hydrogen-bond acceptors (Lipinski definition) is 3. The Morgan fingerprint density at radius 3 is 2.86 bits per heavy atom. The minimum Gasteiger partial charge on any atom is -0.493 e. The second-order valence-electron chi connectivity index (χ2n) is 4.81. The van der Waals surface area contributed by atoms with Crippen LogP contribution in [0.3, 0.4) is 0 Å². The van der Waals surface area contributed by atoms with Crippen LogP contribution in [0.15, 0.2) is 30.3 Å². The van der Waals surface area contributed by atoms with E-state index in [0.29, 0.717) is 34.4 Å². The van der Waals surface area contributed by atoms with Crippen molar-refractivity contribution in [3.05, 3.63) is 57.1 Å². The Balaban J connectivity index is 1.86. The van der Waals surface area contributed by atoms with Gasteiger partial charge in [0.15, 0.2) is 0 Å². The molecule has 106 valence electrons. The van der Waals surface area contributed by atoms with Crippen LogP contribution in [0.1, 0.15) is 16.7 Å². The molecule has 3 rings (SSSR count). The largest absolute Gasteiger partial charge is 0.493 e. The number of nitrogens with one attached hydrogen (secondary N) is 1. The quantitative estimate of drug-likeness (QED) is 0.911. The van der Waals surface area contributed by atoms with Gasteiger partial charge in [-0.1, -0.05) is 23.2 Å². The topological polar surface area (TPSA) is 45.0 Å². The molecule has 0 saturated heterocycles. The third-order valence-electron chi connectivity index (χ3n) is 3.40. The second-order valence-corrected chi connectivity index (χ2v) is 5.68. The maximum absolute atomic E-state index is 9.13. The summed E-state index contributed by atoms with van der Waals surface area (Å²) in [5, 5.41) is 13.6. The Morgan fingerprint density at radius 1 is 1.19 bits per heavy atom. The van der Waals surface area contributed by atoms with Crippen LogP contribution in [0.2, 0.25) is 10.0 Å². The molecule has 0 aliphatic carbocycles. The maximum atomic E-state index is 9.13. The summed E-state index contributed by atoms with van der Waals surface area (Å²) in [6, 6.07) is 11.1. The monoisotopic (exact) mass is 318 g/mol. The molecule has 0 fully saturated rings. The van der Waals surface area contributed by atoms with Crippen LogP contribution in [0.5, 0.6) is 5.75 Å². The first-order chi connectivity index (χ1) is 10.2. The van der Waals surface area contributed by atoms with Crippen LogP contribution in [0, 0.1) is 11.3 Å². The highest BCUT2D eigenvalue weighted by Crippen LogP contribution is 2.33. The first kappa shape index (κ1) is 14.1. The molecule has 0 bridgehead atoms. The van der Waals surface area contributed by atoms with Gasteiger partial charge in [0.05, 0.1) is 17.9 Å². The minimum atomic E-state index is 0.526. The van der Waals surface area contributed by atoms with Crippen LogP contribution in [-0.2, 0) is 13.0 Å². The molecular formula is C16H12Cl2N2O. The Bertz CT molecular complexity index is 738. The van der Waals surface area contributed by atoms with Gasteiger partial charge in [0.2, 0.25) is 0 Å². The van der Waals surface area contributed by atoms with E-state index in [1.54, 1.807) is 18.2 Å². The van der Waals surface area contributed by atoms with Crippen molar-refractivity contribution < 1.29 is 4.74 Å². The van der Waals surface area contributed by atoms with Crippen LogP contribution in [-0.4, -0.2) is 6.61 Å².